The molecule has 15 aromatic carbocycles. The van der Waals surface area contributed by atoms with Gasteiger partial charge in [0.25, 0.3) is 0 Å². The van der Waals surface area contributed by atoms with E-state index in [4.69, 9.17) is 0 Å². The van der Waals surface area contributed by atoms with E-state index in [2.05, 4.69) is 314 Å². The zero-order chi connectivity index (χ0) is 59.7. The number of rotatable bonds is 8. The fraction of sp³-hybridized carbons (Fsp3) is 0.0227. The van der Waals surface area contributed by atoms with Crippen LogP contribution in [0.15, 0.2) is 303 Å². The minimum atomic E-state index is -0.760. The summed E-state index contributed by atoms with van der Waals surface area (Å²) in [5.41, 5.74) is 26.6. The number of aromatic nitrogens is 1. The van der Waals surface area contributed by atoms with E-state index in [9.17, 15) is 0 Å². The van der Waals surface area contributed by atoms with Crippen LogP contribution in [0.1, 0.15) is 17.5 Å². The maximum absolute atomic E-state index is 2.52. The van der Waals surface area contributed by atoms with Crippen LogP contribution >= 0.6 is 11.3 Å². The predicted octanol–water partition coefficient (Wildman–Crippen LogP) is 22.3. The first-order valence-electron chi connectivity index (χ1n) is 31.9. The van der Waals surface area contributed by atoms with Crippen molar-refractivity contribution in [1.82, 2.24) is 4.57 Å². The molecule has 2 aliphatic rings. The average molecular weight is 1190 g/mol. The molecule has 91 heavy (non-hydrogen) atoms. The fourth-order valence-electron chi connectivity index (χ4n) is 15.3. The number of fused-ring (bicyclic) bond motifs is 15. The van der Waals surface area contributed by atoms with Gasteiger partial charge in [-0.15, -0.1) is 11.3 Å². The van der Waals surface area contributed by atoms with Crippen LogP contribution < -0.4 is 10.4 Å². The standard InChI is InChI=1S/C88H57NSSi/c1-3-13-69-66(11-1)50-78(73-17-7-5-15-71(69)73)60-33-29-56(30-34-60)54-21-25-58(26-22-54)62-38-44-83-80(47-62)81-48-63(59-27-23-55(24-28-59)57-31-35-61(36-32-57)79-51-67-12-2-4-14-70(67)72-16-6-8-18-74(72)79)39-45-84(81)89(83)68-41-43-77-76-42-37-65(52-87(76)91-88(77)53-68)64-40-46-86-82(49-64)75-19-9-10-20-85(75)90-86/h1-7,9-17,19-53H,8,18,91H2. The molecule has 0 unspecified atom stereocenters. The van der Waals surface area contributed by atoms with Crippen LogP contribution in [0.4, 0.5) is 0 Å². The van der Waals surface area contributed by atoms with Crippen molar-refractivity contribution in [2.75, 3.05) is 0 Å². The summed E-state index contributed by atoms with van der Waals surface area (Å²) in [6.45, 7) is 0. The summed E-state index contributed by atoms with van der Waals surface area (Å²) in [6, 6.07) is 112. The van der Waals surface area contributed by atoms with E-state index in [1.165, 1.54) is 190 Å². The highest BCUT2D eigenvalue weighted by molar-refractivity contribution is 7.25. The first-order chi connectivity index (χ1) is 45.0. The second-order valence-corrected chi connectivity index (χ2v) is 27.9. The molecule has 0 amide bonds. The molecular formula is C88H57NSSi. The minimum Gasteiger partial charge on any atom is -0.309 e. The molecule has 0 saturated carbocycles. The Morgan fingerprint density at radius 3 is 1.38 bits per heavy atom. The van der Waals surface area contributed by atoms with Gasteiger partial charge in [0.1, 0.15) is 0 Å². The predicted molar refractivity (Wildman–Crippen MR) is 395 cm³/mol. The van der Waals surface area contributed by atoms with Gasteiger partial charge < -0.3 is 4.57 Å². The minimum absolute atomic E-state index is 0.760. The zero-order valence-corrected chi connectivity index (χ0v) is 52.2. The normalized spacial score (nSPS) is 12.9. The summed E-state index contributed by atoms with van der Waals surface area (Å²) < 4.78 is 5.21. The fourth-order valence-corrected chi connectivity index (χ4v) is 18.5. The lowest BCUT2D eigenvalue weighted by Gasteiger charge is -2.19. The van der Waals surface area contributed by atoms with Gasteiger partial charge in [0.2, 0.25) is 0 Å². The van der Waals surface area contributed by atoms with E-state index >= 15 is 0 Å². The van der Waals surface area contributed by atoms with Gasteiger partial charge in [0.05, 0.1) is 20.6 Å². The lowest BCUT2D eigenvalue weighted by Crippen LogP contribution is -2.21. The second-order valence-electron chi connectivity index (χ2n) is 25.0. The Bertz CT molecular complexity index is 5880. The molecule has 0 saturated heterocycles. The third-order valence-corrected chi connectivity index (χ3v) is 23.0. The zero-order valence-electron chi connectivity index (χ0n) is 49.9. The molecular weight excluding hydrogens is 1130 g/mol. The second kappa shape index (κ2) is 20.8. The third kappa shape index (κ3) is 8.64. The van der Waals surface area contributed by atoms with Crippen molar-refractivity contribution in [3.63, 3.8) is 0 Å². The van der Waals surface area contributed by atoms with Crippen molar-refractivity contribution in [2.24, 2.45) is 0 Å². The summed E-state index contributed by atoms with van der Waals surface area (Å²) in [4.78, 5) is 0. The van der Waals surface area contributed by atoms with Crippen LogP contribution in [0.5, 0.6) is 0 Å². The Morgan fingerprint density at radius 2 is 0.725 bits per heavy atom. The van der Waals surface area contributed by atoms with Gasteiger partial charge in [0, 0.05) is 36.6 Å². The summed E-state index contributed by atoms with van der Waals surface area (Å²) in [5, 5.41) is 16.0. The molecule has 0 radical (unpaired) electrons. The maximum Gasteiger partial charge on any atom is 0.0892 e. The Labute approximate surface area is 534 Å². The van der Waals surface area contributed by atoms with Crippen LogP contribution in [0, 0.1) is 0 Å². The molecule has 19 rings (SSSR count). The van der Waals surface area contributed by atoms with Crippen molar-refractivity contribution < 1.29 is 0 Å². The van der Waals surface area contributed by atoms with Crippen molar-refractivity contribution in [3.8, 4) is 94.7 Å². The van der Waals surface area contributed by atoms with Gasteiger partial charge in [-0.25, -0.2) is 0 Å². The van der Waals surface area contributed by atoms with Gasteiger partial charge >= 0.3 is 0 Å². The highest BCUT2D eigenvalue weighted by atomic mass is 32.1. The molecule has 1 aliphatic heterocycles. The summed E-state index contributed by atoms with van der Waals surface area (Å²) in [6.07, 6.45) is 6.81. The molecule has 1 nitrogen and oxygen atoms in total. The molecule has 0 N–H and O–H groups in total. The van der Waals surface area contributed by atoms with Crippen LogP contribution in [0.2, 0.25) is 0 Å². The van der Waals surface area contributed by atoms with Gasteiger partial charge in [-0.2, -0.15) is 0 Å². The first kappa shape index (κ1) is 52.0. The van der Waals surface area contributed by atoms with E-state index in [1.807, 2.05) is 11.3 Å². The molecule has 3 heteroatoms. The first-order valence-corrected chi connectivity index (χ1v) is 34.1. The number of hydrogen-bond acceptors (Lipinski definition) is 1. The highest BCUT2D eigenvalue weighted by Gasteiger charge is 2.23. The quantitative estimate of drug-likeness (QED) is 0.106. The monoisotopic (exact) mass is 1190 g/mol. The summed E-state index contributed by atoms with van der Waals surface area (Å²) in [7, 11) is -0.760. The largest absolute Gasteiger partial charge is 0.309 e. The Morgan fingerprint density at radius 1 is 0.286 bits per heavy atom. The van der Waals surface area contributed by atoms with Crippen LogP contribution in [0.25, 0.3) is 175 Å². The maximum atomic E-state index is 2.52. The molecule has 0 spiro atoms. The number of benzene rings is 15. The van der Waals surface area contributed by atoms with E-state index in [1.54, 1.807) is 0 Å². The molecule has 0 bridgehead atoms. The lowest BCUT2D eigenvalue weighted by atomic mass is 9.85. The number of thiophene rings is 1. The van der Waals surface area contributed by atoms with Crippen LogP contribution in [0.3, 0.4) is 0 Å². The highest BCUT2D eigenvalue weighted by Crippen LogP contribution is 2.43. The SMILES string of the molecule is C1=Cc2c(c(-c3ccc(-c4ccc(-c5ccc6c(c5)c5cc(-c7ccc(-c8ccc(-c9cc%10ccccc%10c%10ccccc9%10)cc8)cc7)ccc5n6-c5ccc6c(c5)[SiH2]c5cc(-c7ccc8sc9ccccc9c8c7)ccc5-6)cc4)cc3)cc3ccccc23)CC1. The molecule has 0 fully saturated rings. The Kier molecular flexibility index (Phi) is 11.9. The van der Waals surface area contributed by atoms with Gasteiger partial charge in [-0.3, -0.25) is 0 Å². The summed E-state index contributed by atoms with van der Waals surface area (Å²) >= 11 is 1.88. The van der Waals surface area contributed by atoms with Gasteiger partial charge in [-0.1, -0.05) is 253 Å². The van der Waals surface area contributed by atoms with Crippen LogP contribution in [-0.4, -0.2) is 14.1 Å². The molecule has 3 heterocycles. The average Bonchev–Trinajstić information content (AvgIpc) is 1.75. The third-order valence-electron chi connectivity index (χ3n) is 19.9. The van der Waals surface area contributed by atoms with Crippen molar-refractivity contribution >= 4 is 112 Å². The van der Waals surface area contributed by atoms with Crippen molar-refractivity contribution in [1.29, 1.82) is 0 Å². The van der Waals surface area contributed by atoms with E-state index in [-0.39, 0.29) is 0 Å². The lowest BCUT2D eigenvalue weighted by molar-refractivity contribution is 0.992. The van der Waals surface area contributed by atoms with E-state index < -0.39 is 9.52 Å². The number of allylic oxidation sites excluding steroid dienone is 1. The van der Waals surface area contributed by atoms with Gasteiger partial charge in [0.15, 0.2) is 0 Å². The summed E-state index contributed by atoms with van der Waals surface area (Å²) in [5.74, 6) is 0. The Hall–Kier alpha value is -10.9. The molecule has 2 aromatic heterocycles. The molecule has 0 atom stereocenters. The van der Waals surface area contributed by atoms with Crippen molar-refractivity contribution in [3.05, 3.63) is 314 Å². The van der Waals surface area contributed by atoms with E-state index in [0.29, 0.717) is 0 Å². The van der Waals surface area contributed by atoms with Crippen LogP contribution in [-0.2, 0) is 6.42 Å². The Balaban J connectivity index is 0.662. The number of hydrogen-bond donors (Lipinski definition) is 0. The van der Waals surface area contributed by atoms with Gasteiger partial charge in [-0.05, 0) is 212 Å². The van der Waals surface area contributed by atoms with Crippen molar-refractivity contribution in [2.45, 2.75) is 12.8 Å². The van der Waals surface area contributed by atoms with E-state index in [0.717, 1.165) is 12.8 Å². The molecule has 424 valence electrons. The molecule has 1 aliphatic carbocycles. The topological polar surface area (TPSA) is 4.93 Å². The molecule has 17 aromatic rings. The smallest absolute Gasteiger partial charge is 0.0892 e. The number of nitrogens with zero attached hydrogens (tertiary/aromatic N) is 1.